The van der Waals surface area contributed by atoms with Crippen molar-refractivity contribution in [1.82, 2.24) is 24.6 Å². The number of likely N-dealkylation sites (tertiary alicyclic amines) is 1. The summed E-state index contributed by atoms with van der Waals surface area (Å²) in [5, 5.41) is 6.51. The lowest BCUT2D eigenvalue weighted by Gasteiger charge is -2.40. The van der Waals surface area contributed by atoms with Gasteiger partial charge < -0.3 is 10.1 Å². The third-order valence-electron chi connectivity index (χ3n) is 5.62. The number of nitrogens with one attached hydrogen (secondary N) is 1. The van der Waals surface area contributed by atoms with Crippen LogP contribution >= 0.6 is 0 Å². The molecule has 2 atom stereocenters. The second-order valence-corrected chi connectivity index (χ2v) is 8.13. The molecule has 1 saturated heterocycles. The number of hydrogen-bond donors (Lipinski definition) is 1. The minimum absolute atomic E-state index is 0.0480. The summed E-state index contributed by atoms with van der Waals surface area (Å²) >= 11 is 0. The highest BCUT2D eigenvalue weighted by Crippen LogP contribution is 2.40. The lowest BCUT2D eigenvalue weighted by Crippen LogP contribution is -2.53. The van der Waals surface area contributed by atoms with Crippen molar-refractivity contribution in [3.05, 3.63) is 60.2 Å². The number of aromatic nitrogens is 4. The Bertz CT molecular complexity index is 1150. The summed E-state index contributed by atoms with van der Waals surface area (Å²) in [5.41, 5.74) is 0.475. The number of anilines is 1. The second kappa shape index (κ2) is 9.37. The Morgan fingerprint density at radius 3 is 2.50 bits per heavy atom. The lowest BCUT2D eigenvalue weighted by molar-refractivity contribution is -0.127. The summed E-state index contributed by atoms with van der Waals surface area (Å²) in [5.74, 6) is -6.20. The van der Waals surface area contributed by atoms with Gasteiger partial charge in [0.15, 0.2) is 5.82 Å². The number of ether oxygens (including phenoxy) is 1. The first-order chi connectivity index (χ1) is 16.1. The third kappa shape index (κ3) is 5.33. The number of benzene rings is 1. The first kappa shape index (κ1) is 23.6. The number of aryl methyl sites for hydroxylation is 1. The number of halogens is 4. The molecule has 1 fully saturated rings. The van der Waals surface area contributed by atoms with Crippen LogP contribution in [-0.4, -0.2) is 55.6 Å². The van der Waals surface area contributed by atoms with E-state index in [2.05, 4.69) is 20.4 Å². The largest absolute Gasteiger partial charge is 0.437 e. The van der Waals surface area contributed by atoms with E-state index in [-0.39, 0.29) is 23.9 Å². The van der Waals surface area contributed by atoms with Gasteiger partial charge >= 0.3 is 0 Å². The molecule has 0 bridgehead atoms. The van der Waals surface area contributed by atoms with Crippen molar-refractivity contribution in [3.8, 4) is 11.6 Å². The zero-order valence-corrected chi connectivity index (χ0v) is 18.4. The molecule has 1 unspecified atom stereocenters. The zero-order valence-electron chi connectivity index (χ0n) is 18.4. The van der Waals surface area contributed by atoms with Crippen molar-refractivity contribution in [2.45, 2.75) is 31.2 Å². The van der Waals surface area contributed by atoms with Crippen LogP contribution in [0.1, 0.15) is 24.8 Å². The minimum atomic E-state index is -3.02. The van der Waals surface area contributed by atoms with E-state index in [1.165, 1.54) is 22.0 Å². The number of carbonyl (C=O) groups is 1. The van der Waals surface area contributed by atoms with Crippen LogP contribution in [0.3, 0.4) is 0 Å². The molecule has 1 N–H and O–H groups in total. The maximum Gasteiger partial charge on any atom is 0.267 e. The molecule has 3 aromatic rings. The van der Waals surface area contributed by atoms with Gasteiger partial charge in [-0.15, -0.1) is 0 Å². The number of nitrogens with zero attached hydrogens (tertiary/aromatic N) is 5. The predicted molar refractivity (Wildman–Crippen MR) is 114 cm³/mol. The molecule has 0 aliphatic carbocycles. The Kier molecular flexibility index (Phi) is 6.51. The summed E-state index contributed by atoms with van der Waals surface area (Å²) in [6.45, 7) is 1.29. The molecule has 3 heterocycles. The van der Waals surface area contributed by atoms with Crippen LogP contribution in [0.4, 0.5) is 23.4 Å². The van der Waals surface area contributed by atoms with Gasteiger partial charge in [-0.2, -0.15) is 5.10 Å². The van der Waals surface area contributed by atoms with E-state index in [9.17, 15) is 22.4 Å². The Morgan fingerprint density at radius 2 is 1.91 bits per heavy atom. The molecule has 1 aromatic carbocycles. The molecule has 34 heavy (non-hydrogen) atoms. The first-order valence-corrected chi connectivity index (χ1v) is 10.5. The van der Waals surface area contributed by atoms with Crippen molar-refractivity contribution >= 4 is 11.7 Å². The standard InChI is InChI=1S/C22H22F4N6O2/c1-13(32-4-3-18(22(25,26)12-32)14-8-29-31(2)11-14)21(33)30-19-9-28-20(10-27-19)34-17-6-15(23)5-16(24)7-17/h5-11,13,18H,3-4,12H2,1-2H3,(H,27,30,33)/t13-,18?/m0/s1. The van der Waals surface area contributed by atoms with Gasteiger partial charge in [-0.25, -0.2) is 27.5 Å². The summed E-state index contributed by atoms with van der Waals surface area (Å²) in [6.07, 6.45) is 5.57. The van der Waals surface area contributed by atoms with Crippen LogP contribution < -0.4 is 10.1 Å². The highest BCUT2D eigenvalue weighted by Gasteiger charge is 2.47. The molecule has 1 aliphatic heterocycles. The molecule has 4 rings (SSSR count). The number of alkyl halides is 2. The van der Waals surface area contributed by atoms with Crippen molar-refractivity contribution in [3.63, 3.8) is 0 Å². The molecule has 8 nitrogen and oxygen atoms in total. The van der Waals surface area contributed by atoms with E-state index in [0.29, 0.717) is 18.2 Å². The Balaban J connectivity index is 1.35. The summed E-state index contributed by atoms with van der Waals surface area (Å²) in [7, 11) is 1.67. The quantitative estimate of drug-likeness (QED) is 0.544. The van der Waals surface area contributed by atoms with Gasteiger partial charge in [-0.05, 0) is 25.5 Å². The number of hydrogen-bond acceptors (Lipinski definition) is 6. The average Bonchev–Trinajstić information content (AvgIpc) is 3.18. The van der Waals surface area contributed by atoms with Crippen LogP contribution in [0.15, 0.2) is 43.0 Å². The molecule has 0 radical (unpaired) electrons. The van der Waals surface area contributed by atoms with Crippen molar-refractivity contribution in [2.24, 2.45) is 7.05 Å². The Morgan fingerprint density at radius 1 is 1.18 bits per heavy atom. The van der Waals surface area contributed by atoms with E-state index < -0.39 is 42.0 Å². The van der Waals surface area contributed by atoms with Crippen LogP contribution in [0.25, 0.3) is 0 Å². The van der Waals surface area contributed by atoms with Crippen molar-refractivity contribution in [1.29, 1.82) is 0 Å². The normalized spacial score (nSPS) is 18.9. The maximum absolute atomic E-state index is 14.8. The first-order valence-electron chi connectivity index (χ1n) is 10.5. The molecule has 0 saturated carbocycles. The van der Waals surface area contributed by atoms with E-state index in [4.69, 9.17) is 4.74 Å². The monoisotopic (exact) mass is 478 g/mol. The smallest absolute Gasteiger partial charge is 0.267 e. The van der Waals surface area contributed by atoms with Crippen molar-refractivity contribution < 1.29 is 27.1 Å². The van der Waals surface area contributed by atoms with E-state index in [1.54, 1.807) is 20.2 Å². The molecule has 2 aromatic heterocycles. The third-order valence-corrected chi connectivity index (χ3v) is 5.62. The number of amides is 1. The van der Waals surface area contributed by atoms with E-state index in [0.717, 1.165) is 18.3 Å². The van der Waals surface area contributed by atoms with Crippen molar-refractivity contribution in [2.75, 3.05) is 18.4 Å². The Labute approximate surface area is 192 Å². The van der Waals surface area contributed by atoms with Gasteiger partial charge in [0.25, 0.3) is 5.92 Å². The van der Waals surface area contributed by atoms with Crippen LogP contribution in [0.2, 0.25) is 0 Å². The fraction of sp³-hybridized carbons (Fsp3) is 0.364. The van der Waals surface area contributed by atoms with E-state index >= 15 is 0 Å². The second-order valence-electron chi connectivity index (χ2n) is 8.13. The van der Waals surface area contributed by atoms with Gasteiger partial charge in [0.05, 0.1) is 37.1 Å². The zero-order chi connectivity index (χ0) is 24.5. The van der Waals surface area contributed by atoms with Crippen LogP contribution in [0.5, 0.6) is 11.6 Å². The fourth-order valence-electron chi connectivity index (χ4n) is 3.87. The van der Waals surface area contributed by atoms with Gasteiger partial charge in [-0.1, -0.05) is 0 Å². The maximum atomic E-state index is 14.8. The summed E-state index contributed by atoms with van der Waals surface area (Å²) in [6, 6.07) is 1.83. The predicted octanol–water partition coefficient (Wildman–Crippen LogP) is 3.73. The highest BCUT2D eigenvalue weighted by molar-refractivity contribution is 5.93. The topological polar surface area (TPSA) is 85.2 Å². The molecular formula is C22H22F4N6O2. The Hall–Kier alpha value is -3.54. The van der Waals surface area contributed by atoms with Crippen LogP contribution in [0, 0.1) is 11.6 Å². The van der Waals surface area contributed by atoms with Gasteiger partial charge in [-0.3, -0.25) is 14.4 Å². The van der Waals surface area contributed by atoms with Gasteiger partial charge in [0.1, 0.15) is 17.4 Å². The average molecular weight is 478 g/mol. The highest BCUT2D eigenvalue weighted by atomic mass is 19.3. The molecular weight excluding hydrogens is 456 g/mol. The summed E-state index contributed by atoms with van der Waals surface area (Å²) in [4.78, 5) is 22.0. The number of carbonyl (C=O) groups excluding carboxylic acids is 1. The van der Waals surface area contributed by atoms with Crippen LogP contribution in [-0.2, 0) is 11.8 Å². The van der Waals surface area contributed by atoms with Gasteiger partial charge in [0.2, 0.25) is 11.8 Å². The SMILES string of the molecule is C[C@@H](C(=O)Nc1cnc(Oc2cc(F)cc(F)c2)cn1)N1CCC(c2cnn(C)c2)C(F)(F)C1. The molecule has 1 amide bonds. The lowest BCUT2D eigenvalue weighted by atomic mass is 9.87. The molecule has 12 heteroatoms. The minimum Gasteiger partial charge on any atom is -0.437 e. The number of piperidine rings is 1. The molecule has 180 valence electrons. The van der Waals surface area contributed by atoms with Gasteiger partial charge in [0, 0.05) is 31.4 Å². The summed E-state index contributed by atoms with van der Waals surface area (Å²) < 4.78 is 63.0. The fourth-order valence-corrected chi connectivity index (χ4v) is 3.87. The van der Waals surface area contributed by atoms with E-state index in [1.807, 2.05) is 0 Å². The molecule has 1 aliphatic rings. The molecule has 0 spiro atoms. The number of rotatable bonds is 6.